The van der Waals surface area contributed by atoms with Crippen molar-refractivity contribution in [2.45, 2.75) is 50.9 Å². The zero-order valence-electron chi connectivity index (χ0n) is 15.3. The third-order valence-corrected chi connectivity index (χ3v) is 6.35. The van der Waals surface area contributed by atoms with E-state index in [2.05, 4.69) is 26.9 Å². The lowest BCUT2D eigenvalue weighted by Gasteiger charge is -2.35. The highest BCUT2D eigenvalue weighted by Crippen LogP contribution is 2.36. The fourth-order valence-corrected chi connectivity index (χ4v) is 5.16. The summed E-state index contributed by atoms with van der Waals surface area (Å²) in [6.45, 7) is 3.76. The van der Waals surface area contributed by atoms with Crippen molar-refractivity contribution in [3.8, 4) is 5.75 Å². The standard InChI is InChI=1S/C21H25Cl2N3O/c22-16-11-15(21(27)18(23)12-16)13-25-9-3-6-19(25)20-7-4-10-26(20)14-17-5-1-2-8-24-17/h1-2,5,8,11-12,19-20,27H,3-4,6-7,9-10,13-14H2. The third kappa shape index (κ3) is 4.24. The normalized spacial score (nSPS) is 23.9. The van der Waals surface area contributed by atoms with E-state index in [0.29, 0.717) is 28.7 Å². The van der Waals surface area contributed by atoms with Gasteiger partial charge < -0.3 is 5.11 Å². The summed E-state index contributed by atoms with van der Waals surface area (Å²) in [5, 5.41) is 11.2. The van der Waals surface area contributed by atoms with Crippen molar-refractivity contribution in [2.24, 2.45) is 0 Å². The summed E-state index contributed by atoms with van der Waals surface area (Å²) in [5.74, 6) is 0.156. The van der Waals surface area contributed by atoms with E-state index in [1.165, 1.54) is 25.7 Å². The molecule has 2 atom stereocenters. The summed E-state index contributed by atoms with van der Waals surface area (Å²) in [5.41, 5.74) is 1.95. The predicted octanol–water partition coefficient (Wildman–Crippen LogP) is 4.72. The Morgan fingerprint density at radius 3 is 2.37 bits per heavy atom. The second-order valence-electron chi connectivity index (χ2n) is 7.58. The first-order chi connectivity index (χ1) is 13.1. The first kappa shape index (κ1) is 19.0. The highest BCUT2D eigenvalue weighted by Gasteiger charge is 2.37. The molecule has 4 rings (SSSR count). The number of pyridine rings is 1. The van der Waals surface area contributed by atoms with Crippen LogP contribution in [0.15, 0.2) is 36.5 Å². The Labute approximate surface area is 170 Å². The topological polar surface area (TPSA) is 39.6 Å². The van der Waals surface area contributed by atoms with Gasteiger partial charge in [-0.3, -0.25) is 14.8 Å². The second-order valence-corrected chi connectivity index (χ2v) is 8.42. The van der Waals surface area contributed by atoms with E-state index in [-0.39, 0.29) is 5.75 Å². The van der Waals surface area contributed by atoms with Gasteiger partial charge in [-0.15, -0.1) is 0 Å². The van der Waals surface area contributed by atoms with E-state index in [1.54, 1.807) is 6.07 Å². The molecule has 2 aliphatic rings. The van der Waals surface area contributed by atoms with Crippen LogP contribution in [0.5, 0.6) is 5.75 Å². The predicted molar refractivity (Wildman–Crippen MR) is 109 cm³/mol. The van der Waals surface area contributed by atoms with Crippen LogP contribution in [0.3, 0.4) is 0 Å². The van der Waals surface area contributed by atoms with Gasteiger partial charge in [0.2, 0.25) is 0 Å². The number of phenols is 1. The zero-order chi connectivity index (χ0) is 18.8. The molecule has 2 aliphatic heterocycles. The molecule has 2 fully saturated rings. The van der Waals surface area contributed by atoms with Gasteiger partial charge in [0.15, 0.2) is 0 Å². The van der Waals surface area contributed by atoms with Gasteiger partial charge >= 0.3 is 0 Å². The molecule has 0 spiro atoms. The molecule has 2 aromatic rings. The first-order valence-electron chi connectivity index (χ1n) is 9.66. The van der Waals surface area contributed by atoms with Crippen molar-refractivity contribution in [3.05, 3.63) is 57.8 Å². The maximum atomic E-state index is 10.3. The first-order valence-corrected chi connectivity index (χ1v) is 10.4. The quantitative estimate of drug-likeness (QED) is 0.780. The number of aromatic nitrogens is 1. The van der Waals surface area contributed by atoms with Crippen molar-refractivity contribution in [3.63, 3.8) is 0 Å². The van der Waals surface area contributed by atoms with Crippen LogP contribution in [-0.2, 0) is 13.1 Å². The van der Waals surface area contributed by atoms with Gasteiger partial charge in [-0.05, 0) is 63.0 Å². The van der Waals surface area contributed by atoms with Crippen molar-refractivity contribution in [1.29, 1.82) is 0 Å². The number of halogens is 2. The molecule has 2 saturated heterocycles. The molecule has 2 unspecified atom stereocenters. The summed E-state index contributed by atoms with van der Waals surface area (Å²) >= 11 is 12.3. The Morgan fingerprint density at radius 1 is 1.00 bits per heavy atom. The minimum Gasteiger partial charge on any atom is -0.506 e. The number of hydrogen-bond donors (Lipinski definition) is 1. The molecular weight excluding hydrogens is 381 g/mol. The third-order valence-electron chi connectivity index (χ3n) is 5.84. The van der Waals surface area contributed by atoms with Crippen LogP contribution >= 0.6 is 23.2 Å². The molecule has 1 aromatic carbocycles. The molecule has 0 aliphatic carbocycles. The highest BCUT2D eigenvalue weighted by atomic mass is 35.5. The minimum atomic E-state index is 0.156. The largest absolute Gasteiger partial charge is 0.506 e. The molecule has 0 saturated carbocycles. The van der Waals surface area contributed by atoms with Gasteiger partial charge in [0.05, 0.1) is 10.7 Å². The zero-order valence-corrected chi connectivity index (χ0v) is 16.8. The number of phenolic OH excluding ortho intramolecular Hbond substituents is 1. The molecule has 0 radical (unpaired) electrons. The van der Waals surface area contributed by atoms with E-state index in [4.69, 9.17) is 23.2 Å². The number of nitrogens with zero attached hydrogens (tertiary/aromatic N) is 3. The Morgan fingerprint density at radius 2 is 1.70 bits per heavy atom. The number of aromatic hydroxyl groups is 1. The maximum Gasteiger partial charge on any atom is 0.138 e. The number of rotatable bonds is 5. The van der Waals surface area contributed by atoms with E-state index in [9.17, 15) is 5.11 Å². The van der Waals surface area contributed by atoms with Crippen LogP contribution in [0.25, 0.3) is 0 Å². The van der Waals surface area contributed by atoms with Gasteiger partial charge in [-0.1, -0.05) is 29.3 Å². The van der Waals surface area contributed by atoms with Gasteiger partial charge in [-0.2, -0.15) is 0 Å². The average molecular weight is 406 g/mol. The van der Waals surface area contributed by atoms with Crippen molar-refractivity contribution < 1.29 is 5.11 Å². The summed E-state index contributed by atoms with van der Waals surface area (Å²) < 4.78 is 0. The molecular formula is C21H25Cl2N3O. The smallest absolute Gasteiger partial charge is 0.138 e. The van der Waals surface area contributed by atoms with Crippen LogP contribution in [0.1, 0.15) is 36.9 Å². The molecule has 3 heterocycles. The van der Waals surface area contributed by atoms with E-state index >= 15 is 0 Å². The Bertz CT molecular complexity index is 786. The molecule has 1 aromatic heterocycles. The maximum absolute atomic E-state index is 10.3. The SMILES string of the molecule is Oc1c(Cl)cc(Cl)cc1CN1CCCC1C1CCCN1Cc1ccccn1. The molecule has 0 bridgehead atoms. The minimum absolute atomic E-state index is 0.156. The summed E-state index contributed by atoms with van der Waals surface area (Å²) in [4.78, 5) is 9.57. The number of hydrogen-bond acceptors (Lipinski definition) is 4. The Balaban J connectivity index is 1.49. The van der Waals surface area contributed by atoms with Crippen LogP contribution < -0.4 is 0 Å². The van der Waals surface area contributed by atoms with Crippen LogP contribution in [-0.4, -0.2) is 45.1 Å². The van der Waals surface area contributed by atoms with E-state index in [1.807, 2.05) is 18.3 Å². The van der Waals surface area contributed by atoms with Crippen LogP contribution in [0.2, 0.25) is 10.0 Å². The second kappa shape index (κ2) is 8.36. The number of likely N-dealkylation sites (tertiary alicyclic amines) is 2. The van der Waals surface area contributed by atoms with E-state index < -0.39 is 0 Å². The fraction of sp³-hybridized carbons (Fsp3) is 0.476. The van der Waals surface area contributed by atoms with Crippen LogP contribution in [0.4, 0.5) is 0 Å². The number of benzene rings is 1. The lowest BCUT2D eigenvalue weighted by molar-refractivity contribution is 0.122. The van der Waals surface area contributed by atoms with Gasteiger partial charge in [0.25, 0.3) is 0 Å². The van der Waals surface area contributed by atoms with Crippen molar-refractivity contribution >= 4 is 23.2 Å². The Hall–Kier alpha value is -1.33. The average Bonchev–Trinajstić information content (AvgIpc) is 3.29. The van der Waals surface area contributed by atoms with Gasteiger partial charge in [0.1, 0.15) is 5.75 Å². The lowest BCUT2D eigenvalue weighted by atomic mass is 10.0. The molecule has 1 N–H and O–H groups in total. The lowest BCUT2D eigenvalue weighted by Crippen LogP contribution is -2.45. The molecule has 144 valence electrons. The van der Waals surface area contributed by atoms with E-state index in [0.717, 1.165) is 30.9 Å². The highest BCUT2D eigenvalue weighted by molar-refractivity contribution is 6.35. The molecule has 0 amide bonds. The van der Waals surface area contributed by atoms with Crippen molar-refractivity contribution in [2.75, 3.05) is 13.1 Å². The summed E-state index contributed by atoms with van der Waals surface area (Å²) in [6, 6.07) is 10.6. The summed E-state index contributed by atoms with van der Waals surface area (Å²) in [6.07, 6.45) is 6.70. The van der Waals surface area contributed by atoms with Crippen LogP contribution in [0, 0.1) is 0 Å². The fourth-order valence-electron chi connectivity index (χ4n) is 4.63. The van der Waals surface area contributed by atoms with Crippen molar-refractivity contribution in [1.82, 2.24) is 14.8 Å². The van der Waals surface area contributed by atoms with Gasteiger partial charge in [0, 0.05) is 42.0 Å². The Kier molecular flexibility index (Phi) is 5.88. The molecule has 6 heteroatoms. The molecule has 27 heavy (non-hydrogen) atoms. The van der Waals surface area contributed by atoms with Gasteiger partial charge in [-0.25, -0.2) is 0 Å². The summed E-state index contributed by atoms with van der Waals surface area (Å²) in [7, 11) is 0. The molecule has 4 nitrogen and oxygen atoms in total. The monoisotopic (exact) mass is 405 g/mol.